The largest absolute Gasteiger partial charge is 0.527 e. The van der Waals surface area contributed by atoms with Crippen molar-refractivity contribution in [3.8, 4) is 5.75 Å². The number of phosphoric acid groups is 1. The van der Waals surface area contributed by atoms with Gasteiger partial charge in [-0.3, -0.25) is 9.42 Å². The minimum Gasteiger partial charge on any atom is -0.404 e. The number of ether oxygens (including phenoxy) is 1. The number of phosphoric ester groups is 1. The van der Waals surface area contributed by atoms with Gasteiger partial charge in [0.05, 0.1) is 12.7 Å². The van der Waals surface area contributed by atoms with Crippen molar-refractivity contribution in [1.29, 1.82) is 0 Å². The number of halogens is 1. The van der Waals surface area contributed by atoms with Crippen LogP contribution in [-0.2, 0) is 20.5 Å². The Morgan fingerprint density at radius 3 is 2.55 bits per heavy atom. The Labute approximate surface area is 126 Å². The van der Waals surface area contributed by atoms with Gasteiger partial charge in [0.1, 0.15) is 30.7 Å². The molecule has 1 aliphatic heterocycles. The van der Waals surface area contributed by atoms with Crippen molar-refractivity contribution >= 4 is 7.82 Å². The molecular formula is C13H18FO7P. The van der Waals surface area contributed by atoms with Crippen molar-refractivity contribution in [3.63, 3.8) is 0 Å². The molecule has 1 aliphatic rings. The number of aliphatic hydroxyl groups excluding tert-OH is 2. The molecule has 0 radical (unpaired) electrons. The zero-order valence-electron chi connectivity index (χ0n) is 11.8. The van der Waals surface area contributed by atoms with Crippen LogP contribution in [0.4, 0.5) is 4.39 Å². The van der Waals surface area contributed by atoms with Crippen molar-refractivity contribution < 1.29 is 37.8 Å². The first-order chi connectivity index (χ1) is 10.4. The summed E-state index contributed by atoms with van der Waals surface area (Å²) in [7, 11) is -4.55. The fourth-order valence-corrected chi connectivity index (χ4v) is 3.15. The predicted molar refractivity (Wildman–Crippen MR) is 74.0 cm³/mol. The molecule has 124 valence electrons. The minimum absolute atomic E-state index is 0.0186. The first-order valence-corrected chi connectivity index (χ1v) is 8.16. The van der Waals surface area contributed by atoms with Gasteiger partial charge in [0.25, 0.3) is 0 Å². The Morgan fingerprint density at radius 2 is 2.00 bits per heavy atom. The van der Waals surface area contributed by atoms with E-state index in [9.17, 15) is 19.0 Å². The van der Waals surface area contributed by atoms with Crippen LogP contribution >= 0.6 is 7.82 Å². The van der Waals surface area contributed by atoms with Crippen molar-refractivity contribution in [2.75, 3.05) is 6.61 Å². The molecule has 0 aromatic heterocycles. The molecule has 0 saturated carbocycles. The van der Waals surface area contributed by atoms with Crippen molar-refractivity contribution in [3.05, 3.63) is 29.8 Å². The lowest BCUT2D eigenvalue weighted by molar-refractivity contribution is -0.0162. The van der Waals surface area contributed by atoms with E-state index in [4.69, 9.17) is 18.9 Å². The molecule has 1 fully saturated rings. The second-order valence-electron chi connectivity index (χ2n) is 4.96. The van der Waals surface area contributed by atoms with Crippen molar-refractivity contribution in [2.45, 2.75) is 38.0 Å². The van der Waals surface area contributed by atoms with Gasteiger partial charge in [0.15, 0.2) is 0 Å². The lowest BCUT2D eigenvalue weighted by Crippen LogP contribution is -2.35. The van der Waals surface area contributed by atoms with Gasteiger partial charge < -0.3 is 19.5 Å². The third-order valence-electron chi connectivity index (χ3n) is 3.31. The van der Waals surface area contributed by atoms with Gasteiger partial charge >= 0.3 is 7.82 Å². The molecule has 1 heterocycles. The molecule has 1 saturated heterocycles. The second-order valence-corrected chi connectivity index (χ2v) is 6.29. The Bertz CT molecular complexity index is 538. The van der Waals surface area contributed by atoms with E-state index in [1.807, 2.05) is 0 Å². The van der Waals surface area contributed by atoms with Gasteiger partial charge in [-0.05, 0) is 24.6 Å². The molecule has 7 nitrogen and oxygen atoms in total. The fraction of sp³-hybridized carbons (Fsp3) is 0.538. The number of aliphatic hydroxyl groups is 2. The number of hydrogen-bond acceptors (Lipinski definition) is 6. The molecule has 1 aromatic rings. The molecule has 3 N–H and O–H groups in total. The van der Waals surface area contributed by atoms with Gasteiger partial charge in [0.2, 0.25) is 0 Å². The summed E-state index contributed by atoms with van der Waals surface area (Å²) in [5.74, 6) is 0.0186. The zero-order valence-corrected chi connectivity index (χ0v) is 12.7. The second kappa shape index (κ2) is 7.04. The average molecular weight is 336 g/mol. The Hall–Kier alpha value is -1.02. The van der Waals surface area contributed by atoms with Crippen molar-refractivity contribution in [2.24, 2.45) is 0 Å². The summed E-state index contributed by atoms with van der Waals surface area (Å²) in [6.07, 6.45) is -3.94. The molecule has 2 rings (SSSR count). The molecule has 22 heavy (non-hydrogen) atoms. The molecule has 9 heteroatoms. The summed E-state index contributed by atoms with van der Waals surface area (Å²) in [6.45, 7) is 0.419. The highest BCUT2D eigenvalue weighted by Gasteiger charge is 2.46. The number of benzene rings is 1. The van der Waals surface area contributed by atoms with E-state index in [0.29, 0.717) is 5.56 Å². The first-order valence-electron chi connectivity index (χ1n) is 6.66. The average Bonchev–Trinajstić information content (AvgIpc) is 2.75. The van der Waals surface area contributed by atoms with Gasteiger partial charge in [-0.25, -0.2) is 8.96 Å². The van der Waals surface area contributed by atoms with E-state index in [1.165, 1.54) is 24.3 Å². The van der Waals surface area contributed by atoms with Crippen LogP contribution in [0, 0.1) is 0 Å². The summed E-state index contributed by atoms with van der Waals surface area (Å²) in [6, 6.07) is 5.46. The smallest absolute Gasteiger partial charge is 0.404 e. The topological polar surface area (TPSA) is 105 Å². The summed E-state index contributed by atoms with van der Waals surface area (Å²) in [5, 5.41) is 19.0. The van der Waals surface area contributed by atoms with Crippen LogP contribution in [-0.4, -0.2) is 46.1 Å². The molecule has 0 bridgehead atoms. The summed E-state index contributed by atoms with van der Waals surface area (Å²) in [5.41, 5.74) is 0.398. The van der Waals surface area contributed by atoms with E-state index in [1.54, 1.807) is 6.92 Å². The van der Waals surface area contributed by atoms with Crippen LogP contribution in [0.5, 0.6) is 5.75 Å². The maximum absolute atomic E-state index is 12.4. The maximum atomic E-state index is 12.4. The molecule has 0 amide bonds. The highest BCUT2D eigenvalue weighted by atomic mass is 31.2. The summed E-state index contributed by atoms with van der Waals surface area (Å²) < 4.78 is 39.4. The lowest BCUT2D eigenvalue weighted by atomic mass is 10.1. The van der Waals surface area contributed by atoms with Crippen LogP contribution in [0.15, 0.2) is 24.3 Å². The zero-order chi connectivity index (χ0) is 16.3. The molecule has 1 aromatic carbocycles. The molecule has 5 atom stereocenters. The van der Waals surface area contributed by atoms with Crippen LogP contribution < -0.4 is 4.52 Å². The van der Waals surface area contributed by atoms with Gasteiger partial charge in [-0.15, -0.1) is 0 Å². The highest BCUT2D eigenvalue weighted by Crippen LogP contribution is 2.47. The normalized spacial score (nSPS) is 31.0. The van der Waals surface area contributed by atoms with Crippen molar-refractivity contribution in [1.82, 2.24) is 0 Å². The van der Waals surface area contributed by atoms with E-state index in [2.05, 4.69) is 0 Å². The highest BCUT2D eigenvalue weighted by molar-refractivity contribution is 7.47. The van der Waals surface area contributed by atoms with Gasteiger partial charge in [0, 0.05) is 0 Å². The molecule has 5 unspecified atom stereocenters. The standard InChI is InChI=1S/C13H18FO7P/c1-8-12(16)13(11(7-15)19-8)21-22(17,18)20-10-4-2-9(6-14)3-5-10/h2-5,8,11-13,15-16H,6-7H2,1H3,(H,17,18). The summed E-state index contributed by atoms with van der Waals surface area (Å²) in [4.78, 5) is 9.76. The first kappa shape index (κ1) is 17.3. The fourth-order valence-electron chi connectivity index (χ4n) is 2.15. The lowest BCUT2D eigenvalue weighted by Gasteiger charge is -2.22. The SMILES string of the molecule is CC1OC(CO)C(OP(=O)(O)Oc2ccc(CF)cc2)C1O. The van der Waals surface area contributed by atoms with Crippen LogP contribution in [0.25, 0.3) is 0 Å². The van der Waals surface area contributed by atoms with E-state index in [-0.39, 0.29) is 5.75 Å². The number of rotatable bonds is 6. The maximum Gasteiger partial charge on any atom is 0.527 e. The minimum atomic E-state index is -4.55. The third-order valence-corrected chi connectivity index (χ3v) is 4.26. The monoisotopic (exact) mass is 336 g/mol. The van der Waals surface area contributed by atoms with E-state index < -0.39 is 45.5 Å². The Morgan fingerprint density at radius 1 is 1.36 bits per heavy atom. The van der Waals surface area contributed by atoms with Crippen LogP contribution in [0.3, 0.4) is 0 Å². The number of alkyl halides is 1. The summed E-state index contributed by atoms with van der Waals surface area (Å²) >= 11 is 0. The van der Waals surface area contributed by atoms with Crippen LogP contribution in [0.2, 0.25) is 0 Å². The predicted octanol–water partition coefficient (Wildman–Crippen LogP) is 1.16. The van der Waals surface area contributed by atoms with Gasteiger partial charge in [-0.2, -0.15) is 0 Å². The Balaban J connectivity index is 2.04. The quantitative estimate of drug-likeness (QED) is 0.670. The van der Waals surface area contributed by atoms with E-state index in [0.717, 1.165) is 0 Å². The molecule has 0 spiro atoms. The third kappa shape index (κ3) is 4.04. The van der Waals surface area contributed by atoms with Gasteiger partial charge in [-0.1, -0.05) is 12.1 Å². The Kier molecular flexibility index (Phi) is 5.55. The molecular weight excluding hydrogens is 318 g/mol. The molecule has 0 aliphatic carbocycles. The van der Waals surface area contributed by atoms with Crippen LogP contribution in [0.1, 0.15) is 12.5 Å². The van der Waals surface area contributed by atoms with E-state index >= 15 is 0 Å². The number of hydrogen-bond donors (Lipinski definition) is 3.